The number of piperazine rings is 1. The van der Waals surface area contributed by atoms with E-state index in [0.29, 0.717) is 38.3 Å². The van der Waals surface area contributed by atoms with E-state index in [1.807, 2.05) is 25.1 Å². The van der Waals surface area contributed by atoms with Crippen LogP contribution < -0.4 is 4.90 Å². The number of likely N-dealkylation sites (N-methyl/N-ethyl adjacent to an activating group) is 1. The van der Waals surface area contributed by atoms with Gasteiger partial charge in [0.15, 0.2) is 0 Å². The van der Waals surface area contributed by atoms with Crippen molar-refractivity contribution in [3.63, 3.8) is 0 Å². The van der Waals surface area contributed by atoms with Crippen molar-refractivity contribution in [2.24, 2.45) is 0 Å². The SMILES string of the molecule is Cc1cccc(N2CCN(C(=O)CC3(c4cccc(F)c4)CC(=O)N(CCN(C)C)C3=O)CC2)c1C. The second kappa shape index (κ2) is 10.4. The van der Waals surface area contributed by atoms with E-state index in [4.69, 9.17) is 0 Å². The van der Waals surface area contributed by atoms with Crippen molar-refractivity contribution in [1.29, 1.82) is 0 Å². The van der Waals surface area contributed by atoms with Gasteiger partial charge in [0, 0.05) is 57.8 Å². The lowest BCUT2D eigenvalue weighted by Crippen LogP contribution is -2.51. The minimum atomic E-state index is -1.38. The maximum atomic E-state index is 14.2. The number of hydrogen-bond donors (Lipinski definition) is 0. The van der Waals surface area contributed by atoms with E-state index in [-0.39, 0.29) is 31.2 Å². The Labute approximate surface area is 212 Å². The Morgan fingerprint density at radius 1 is 1.03 bits per heavy atom. The molecule has 7 nitrogen and oxygen atoms in total. The zero-order valence-corrected chi connectivity index (χ0v) is 21.6. The molecule has 4 rings (SSSR count). The smallest absolute Gasteiger partial charge is 0.240 e. The molecule has 2 aromatic carbocycles. The Balaban J connectivity index is 1.53. The summed E-state index contributed by atoms with van der Waals surface area (Å²) in [5.41, 5.74) is 2.64. The lowest BCUT2D eigenvalue weighted by molar-refractivity contribution is -0.142. The first-order chi connectivity index (χ1) is 17.1. The van der Waals surface area contributed by atoms with E-state index >= 15 is 0 Å². The number of hydrogen-bond acceptors (Lipinski definition) is 5. The zero-order chi connectivity index (χ0) is 26.0. The fourth-order valence-electron chi connectivity index (χ4n) is 5.22. The predicted molar refractivity (Wildman–Crippen MR) is 137 cm³/mol. The van der Waals surface area contributed by atoms with Crippen LogP contribution in [-0.4, -0.2) is 85.8 Å². The summed E-state index contributed by atoms with van der Waals surface area (Å²) < 4.78 is 14.2. The number of imide groups is 1. The van der Waals surface area contributed by atoms with Gasteiger partial charge in [-0.25, -0.2) is 4.39 Å². The number of anilines is 1. The standard InChI is InChI=1S/C28H35FN4O3/c1-20-7-5-10-24(21(20)2)31-12-14-32(15-13-31)25(34)18-28(22-8-6-9-23(29)17-22)19-26(35)33(27(28)36)16-11-30(3)4/h5-10,17H,11-16,18-19H2,1-4H3. The molecule has 2 aromatic rings. The molecule has 2 aliphatic heterocycles. The molecule has 2 aliphatic rings. The highest BCUT2D eigenvalue weighted by Crippen LogP contribution is 2.40. The maximum Gasteiger partial charge on any atom is 0.240 e. The lowest BCUT2D eigenvalue weighted by Gasteiger charge is -2.38. The molecule has 0 aromatic heterocycles. The van der Waals surface area contributed by atoms with Crippen LogP contribution in [0.25, 0.3) is 0 Å². The van der Waals surface area contributed by atoms with Crippen LogP contribution in [0.15, 0.2) is 42.5 Å². The number of likely N-dealkylation sites (tertiary alicyclic amines) is 1. The number of aryl methyl sites for hydroxylation is 1. The molecule has 0 saturated carbocycles. The molecule has 2 saturated heterocycles. The molecule has 8 heteroatoms. The highest BCUT2D eigenvalue weighted by atomic mass is 19.1. The molecule has 3 amide bonds. The molecule has 192 valence electrons. The first kappa shape index (κ1) is 25.8. The Morgan fingerprint density at radius 2 is 1.72 bits per heavy atom. The summed E-state index contributed by atoms with van der Waals surface area (Å²) >= 11 is 0. The van der Waals surface area contributed by atoms with Crippen LogP contribution in [0.2, 0.25) is 0 Å². The van der Waals surface area contributed by atoms with Crippen molar-refractivity contribution < 1.29 is 18.8 Å². The van der Waals surface area contributed by atoms with E-state index in [2.05, 4.69) is 30.9 Å². The molecular formula is C28H35FN4O3. The van der Waals surface area contributed by atoms with Gasteiger partial charge >= 0.3 is 0 Å². The molecular weight excluding hydrogens is 459 g/mol. The Hall–Kier alpha value is -3.26. The van der Waals surface area contributed by atoms with Gasteiger partial charge in [-0.05, 0) is 62.8 Å². The zero-order valence-electron chi connectivity index (χ0n) is 21.6. The first-order valence-electron chi connectivity index (χ1n) is 12.5. The minimum Gasteiger partial charge on any atom is -0.368 e. The first-order valence-corrected chi connectivity index (χ1v) is 12.5. The summed E-state index contributed by atoms with van der Waals surface area (Å²) in [5.74, 6) is -1.41. The molecule has 1 atom stereocenters. The second-order valence-electron chi connectivity index (χ2n) is 10.2. The summed E-state index contributed by atoms with van der Waals surface area (Å²) in [6.45, 7) is 7.38. The third kappa shape index (κ3) is 5.00. The third-order valence-corrected chi connectivity index (χ3v) is 7.56. The van der Waals surface area contributed by atoms with Crippen LogP contribution in [0.4, 0.5) is 10.1 Å². The van der Waals surface area contributed by atoms with E-state index in [9.17, 15) is 18.8 Å². The van der Waals surface area contributed by atoms with Crippen LogP contribution in [0.3, 0.4) is 0 Å². The maximum absolute atomic E-state index is 14.2. The molecule has 0 bridgehead atoms. The van der Waals surface area contributed by atoms with Gasteiger partial charge in [-0.3, -0.25) is 19.3 Å². The number of carbonyl (C=O) groups is 3. The summed E-state index contributed by atoms with van der Waals surface area (Å²) in [5, 5.41) is 0. The number of halogens is 1. The molecule has 0 aliphatic carbocycles. The van der Waals surface area contributed by atoms with Crippen molar-refractivity contribution in [2.75, 3.05) is 58.3 Å². The number of carbonyl (C=O) groups excluding carboxylic acids is 3. The molecule has 1 unspecified atom stereocenters. The Morgan fingerprint density at radius 3 is 2.39 bits per heavy atom. The highest BCUT2D eigenvalue weighted by Gasteiger charge is 2.54. The average Bonchev–Trinajstić information content (AvgIpc) is 3.09. The van der Waals surface area contributed by atoms with Gasteiger partial charge < -0.3 is 14.7 Å². The van der Waals surface area contributed by atoms with Crippen molar-refractivity contribution in [1.82, 2.24) is 14.7 Å². The summed E-state index contributed by atoms with van der Waals surface area (Å²) in [4.78, 5) is 47.3. The molecule has 2 heterocycles. The van der Waals surface area contributed by atoms with Crippen LogP contribution >= 0.6 is 0 Å². The van der Waals surface area contributed by atoms with Crippen LogP contribution in [-0.2, 0) is 19.8 Å². The normalized spacial score (nSPS) is 20.6. The Bertz CT molecular complexity index is 1160. The fraction of sp³-hybridized carbons (Fsp3) is 0.464. The minimum absolute atomic E-state index is 0.128. The summed E-state index contributed by atoms with van der Waals surface area (Å²) in [6.07, 6.45) is -0.278. The average molecular weight is 495 g/mol. The van der Waals surface area contributed by atoms with Crippen molar-refractivity contribution in [3.8, 4) is 0 Å². The van der Waals surface area contributed by atoms with Gasteiger partial charge in [0.2, 0.25) is 17.7 Å². The van der Waals surface area contributed by atoms with Crippen molar-refractivity contribution >= 4 is 23.4 Å². The van der Waals surface area contributed by atoms with Crippen molar-refractivity contribution in [3.05, 3.63) is 65.0 Å². The predicted octanol–water partition coefficient (Wildman–Crippen LogP) is 2.74. The topological polar surface area (TPSA) is 64.2 Å². The summed E-state index contributed by atoms with van der Waals surface area (Å²) in [7, 11) is 3.73. The van der Waals surface area contributed by atoms with E-state index in [1.165, 1.54) is 39.9 Å². The quantitative estimate of drug-likeness (QED) is 0.554. The van der Waals surface area contributed by atoms with Crippen LogP contribution in [0.1, 0.15) is 29.5 Å². The van der Waals surface area contributed by atoms with Gasteiger partial charge in [0.25, 0.3) is 0 Å². The Kier molecular flexibility index (Phi) is 7.45. The largest absolute Gasteiger partial charge is 0.368 e. The van der Waals surface area contributed by atoms with Gasteiger partial charge in [0.1, 0.15) is 5.82 Å². The molecule has 0 N–H and O–H groups in total. The number of rotatable bonds is 7. The molecule has 2 fully saturated rings. The lowest BCUT2D eigenvalue weighted by atomic mass is 9.75. The molecule has 0 spiro atoms. The highest BCUT2D eigenvalue weighted by molar-refractivity contribution is 6.10. The van der Waals surface area contributed by atoms with Crippen LogP contribution in [0, 0.1) is 19.7 Å². The second-order valence-corrected chi connectivity index (χ2v) is 10.2. The van der Waals surface area contributed by atoms with E-state index < -0.39 is 17.1 Å². The number of nitrogens with zero attached hydrogens (tertiary/aromatic N) is 4. The number of amides is 3. The van der Waals surface area contributed by atoms with Crippen LogP contribution in [0.5, 0.6) is 0 Å². The van der Waals surface area contributed by atoms with E-state index in [1.54, 1.807) is 11.0 Å². The van der Waals surface area contributed by atoms with Gasteiger partial charge in [-0.1, -0.05) is 24.3 Å². The molecule has 36 heavy (non-hydrogen) atoms. The monoisotopic (exact) mass is 494 g/mol. The summed E-state index contributed by atoms with van der Waals surface area (Å²) in [6, 6.07) is 12.0. The van der Waals surface area contributed by atoms with Gasteiger partial charge in [-0.2, -0.15) is 0 Å². The fourth-order valence-corrected chi connectivity index (χ4v) is 5.22. The van der Waals surface area contributed by atoms with Gasteiger partial charge in [0.05, 0.1) is 5.41 Å². The van der Waals surface area contributed by atoms with E-state index in [0.717, 1.165) is 0 Å². The van der Waals surface area contributed by atoms with Gasteiger partial charge in [-0.15, -0.1) is 0 Å². The van der Waals surface area contributed by atoms with Crippen molar-refractivity contribution in [2.45, 2.75) is 32.1 Å². The molecule has 0 radical (unpaired) electrons. The number of benzene rings is 2. The third-order valence-electron chi connectivity index (χ3n) is 7.56.